The van der Waals surface area contributed by atoms with Gasteiger partial charge in [0.25, 0.3) is 0 Å². The van der Waals surface area contributed by atoms with Gasteiger partial charge in [0.15, 0.2) is 0 Å². The molecule has 154 valence electrons. The van der Waals surface area contributed by atoms with E-state index in [1.807, 2.05) is 26.8 Å². The summed E-state index contributed by atoms with van der Waals surface area (Å²) in [6, 6.07) is 0. The highest BCUT2D eigenvalue weighted by atomic mass is 16.5. The summed E-state index contributed by atoms with van der Waals surface area (Å²) >= 11 is 0. The Bertz CT molecular complexity index is 768. The number of fused-ring (bicyclic) bond motifs is 4. The Hall–Kier alpha value is -1.39. The minimum atomic E-state index is -0.488. The molecule has 4 aliphatic rings. The standard InChI is InChI=1S/C24H34O4/c1-22(2,3)21(27)28-20-8-7-18-17-6-5-15-13-16(26)9-12-24(15,14-25)19(17)10-11-23(18,20)4/h5-6,13,16,19-20,25-26H,7-12,14H2,1-4H3/t16-,19-,20-,23-,24+/m0/s1. The molecule has 1 saturated carbocycles. The molecule has 5 atom stereocenters. The van der Waals surface area contributed by atoms with Gasteiger partial charge >= 0.3 is 5.97 Å². The Kier molecular flexibility index (Phi) is 4.67. The van der Waals surface area contributed by atoms with Crippen molar-refractivity contribution in [1.82, 2.24) is 0 Å². The molecule has 0 heterocycles. The summed E-state index contributed by atoms with van der Waals surface area (Å²) in [5.41, 5.74) is 3.01. The zero-order valence-corrected chi connectivity index (χ0v) is 17.6. The second-order valence-corrected chi connectivity index (χ2v) is 10.5. The molecule has 0 unspecified atom stereocenters. The molecule has 4 nitrogen and oxygen atoms in total. The van der Waals surface area contributed by atoms with Gasteiger partial charge in [-0.3, -0.25) is 4.79 Å². The molecule has 4 heteroatoms. The van der Waals surface area contributed by atoms with Gasteiger partial charge in [-0.2, -0.15) is 0 Å². The second-order valence-electron chi connectivity index (χ2n) is 10.5. The van der Waals surface area contributed by atoms with Crippen LogP contribution in [0.15, 0.2) is 34.9 Å². The zero-order valence-electron chi connectivity index (χ0n) is 17.6. The quantitative estimate of drug-likeness (QED) is 0.702. The maximum Gasteiger partial charge on any atom is 0.311 e. The van der Waals surface area contributed by atoms with Crippen LogP contribution in [0.3, 0.4) is 0 Å². The minimum Gasteiger partial charge on any atom is -0.461 e. The molecule has 0 bridgehead atoms. The second kappa shape index (κ2) is 6.56. The number of esters is 1. The molecule has 0 aromatic rings. The molecule has 4 aliphatic carbocycles. The third-order valence-corrected chi connectivity index (χ3v) is 7.82. The van der Waals surface area contributed by atoms with Crippen LogP contribution in [0.2, 0.25) is 0 Å². The van der Waals surface area contributed by atoms with Gasteiger partial charge in [0.2, 0.25) is 0 Å². The first-order valence-corrected chi connectivity index (χ1v) is 10.8. The fourth-order valence-electron chi connectivity index (χ4n) is 6.02. The number of ether oxygens (including phenoxy) is 1. The fraction of sp³-hybridized carbons (Fsp3) is 0.708. The summed E-state index contributed by atoms with van der Waals surface area (Å²) in [7, 11) is 0. The van der Waals surface area contributed by atoms with Crippen molar-refractivity contribution in [2.45, 2.75) is 78.4 Å². The molecule has 2 N–H and O–H groups in total. The normalized spacial score (nSPS) is 39.8. The highest BCUT2D eigenvalue weighted by Gasteiger charge is 2.55. The van der Waals surface area contributed by atoms with E-state index in [0.29, 0.717) is 12.3 Å². The highest BCUT2D eigenvalue weighted by Crippen LogP contribution is 2.61. The van der Waals surface area contributed by atoms with Crippen LogP contribution < -0.4 is 0 Å². The number of aliphatic hydroxyl groups excluding tert-OH is 2. The lowest BCUT2D eigenvalue weighted by Crippen LogP contribution is -2.46. The number of rotatable bonds is 2. The van der Waals surface area contributed by atoms with Crippen molar-refractivity contribution >= 4 is 5.97 Å². The number of carbonyl (C=O) groups is 1. The van der Waals surface area contributed by atoms with Crippen molar-refractivity contribution < 1.29 is 19.7 Å². The maximum absolute atomic E-state index is 12.5. The van der Waals surface area contributed by atoms with E-state index < -0.39 is 11.5 Å². The third kappa shape index (κ3) is 2.83. The zero-order chi connectivity index (χ0) is 20.3. The van der Waals surface area contributed by atoms with Crippen molar-refractivity contribution in [3.63, 3.8) is 0 Å². The third-order valence-electron chi connectivity index (χ3n) is 7.82. The summed E-state index contributed by atoms with van der Waals surface area (Å²) in [6.07, 6.45) is 11.1. The molecular weight excluding hydrogens is 352 g/mol. The smallest absolute Gasteiger partial charge is 0.311 e. The van der Waals surface area contributed by atoms with E-state index in [2.05, 4.69) is 19.1 Å². The van der Waals surface area contributed by atoms with Crippen LogP contribution in [0.5, 0.6) is 0 Å². The molecule has 0 aromatic carbocycles. The predicted octanol–water partition coefficient (Wildman–Crippen LogP) is 4.08. The van der Waals surface area contributed by atoms with Gasteiger partial charge < -0.3 is 14.9 Å². The number of hydrogen-bond acceptors (Lipinski definition) is 4. The Morgan fingerprint density at radius 3 is 2.64 bits per heavy atom. The lowest BCUT2D eigenvalue weighted by molar-refractivity contribution is -0.163. The molecule has 0 aliphatic heterocycles. The van der Waals surface area contributed by atoms with Crippen molar-refractivity contribution in [3.05, 3.63) is 34.9 Å². The van der Waals surface area contributed by atoms with Gasteiger partial charge in [-0.25, -0.2) is 0 Å². The molecule has 0 saturated heterocycles. The van der Waals surface area contributed by atoms with Crippen LogP contribution in [0, 0.1) is 22.2 Å². The predicted molar refractivity (Wildman–Crippen MR) is 108 cm³/mol. The summed E-state index contributed by atoms with van der Waals surface area (Å²) in [5, 5.41) is 20.5. The monoisotopic (exact) mass is 386 g/mol. The summed E-state index contributed by atoms with van der Waals surface area (Å²) in [5.74, 6) is 0.172. The fourth-order valence-corrected chi connectivity index (χ4v) is 6.02. The van der Waals surface area contributed by atoms with Gasteiger partial charge in [-0.05, 0) is 76.4 Å². The molecule has 0 amide bonds. The van der Waals surface area contributed by atoms with E-state index in [4.69, 9.17) is 4.74 Å². The number of carbonyl (C=O) groups excluding carboxylic acids is 1. The number of aliphatic hydroxyl groups is 2. The number of allylic oxidation sites excluding steroid dienone is 3. The first-order chi connectivity index (χ1) is 13.1. The average molecular weight is 387 g/mol. The van der Waals surface area contributed by atoms with Gasteiger partial charge in [-0.15, -0.1) is 0 Å². The molecule has 0 spiro atoms. The minimum absolute atomic E-state index is 0.0636. The van der Waals surface area contributed by atoms with E-state index in [-0.39, 0.29) is 29.5 Å². The largest absolute Gasteiger partial charge is 0.461 e. The molecule has 1 fully saturated rings. The molecule has 4 rings (SSSR count). The molecule has 28 heavy (non-hydrogen) atoms. The Morgan fingerprint density at radius 1 is 1.21 bits per heavy atom. The average Bonchev–Trinajstić information content (AvgIpc) is 2.97. The summed E-state index contributed by atoms with van der Waals surface area (Å²) in [4.78, 5) is 12.5. The Balaban J connectivity index is 1.71. The Labute approximate surface area is 168 Å². The van der Waals surface area contributed by atoms with E-state index in [1.54, 1.807) is 0 Å². The van der Waals surface area contributed by atoms with Gasteiger partial charge in [0.05, 0.1) is 18.1 Å². The van der Waals surface area contributed by atoms with Gasteiger partial charge in [0, 0.05) is 10.8 Å². The van der Waals surface area contributed by atoms with Crippen LogP contribution in [0.25, 0.3) is 0 Å². The molecule has 0 aromatic heterocycles. The van der Waals surface area contributed by atoms with Crippen molar-refractivity contribution in [2.75, 3.05) is 6.61 Å². The molecule has 0 radical (unpaired) electrons. The van der Waals surface area contributed by atoms with Crippen molar-refractivity contribution in [3.8, 4) is 0 Å². The summed E-state index contributed by atoms with van der Waals surface area (Å²) < 4.78 is 6.01. The first-order valence-electron chi connectivity index (χ1n) is 10.8. The van der Waals surface area contributed by atoms with Crippen LogP contribution in [-0.2, 0) is 9.53 Å². The summed E-state index contributed by atoms with van der Waals surface area (Å²) in [6.45, 7) is 8.10. The number of hydrogen-bond donors (Lipinski definition) is 2. The topological polar surface area (TPSA) is 66.8 Å². The van der Waals surface area contributed by atoms with E-state index in [0.717, 1.165) is 37.7 Å². The van der Waals surface area contributed by atoms with E-state index in [1.165, 1.54) is 11.1 Å². The van der Waals surface area contributed by atoms with Crippen LogP contribution in [-0.4, -0.2) is 35.0 Å². The van der Waals surface area contributed by atoms with E-state index >= 15 is 0 Å². The van der Waals surface area contributed by atoms with Crippen LogP contribution in [0.4, 0.5) is 0 Å². The lowest BCUT2D eigenvalue weighted by atomic mass is 9.54. The van der Waals surface area contributed by atoms with Crippen molar-refractivity contribution in [2.24, 2.45) is 22.2 Å². The SMILES string of the molecule is CC(C)(C)C(=O)O[C@H]1CCC2=C3C=CC4=C[C@@H](O)CC[C@]4(CO)[C@H]3CC[C@@]21C. The van der Waals surface area contributed by atoms with Gasteiger partial charge in [-0.1, -0.05) is 30.7 Å². The Morgan fingerprint density at radius 2 is 1.96 bits per heavy atom. The van der Waals surface area contributed by atoms with Crippen LogP contribution in [0.1, 0.15) is 66.2 Å². The maximum atomic E-state index is 12.5. The lowest BCUT2D eigenvalue weighted by Gasteiger charge is -2.51. The first kappa shape index (κ1) is 19.9. The molecular formula is C24H34O4. The van der Waals surface area contributed by atoms with E-state index in [9.17, 15) is 15.0 Å². The van der Waals surface area contributed by atoms with Gasteiger partial charge in [0.1, 0.15) is 6.10 Å². The highest BCUT2D eigenvalue weighted by molar-refractivity contribution is 5.75. The van der Waals surface area contributed by atoms with Crippen LogP contribution >= 0.6 is 0 Å². The van der Waals surface area contributed by atoms with Crippen molar-refractivity contribution in [1.29, 1.82) is 0 Å².